The summed E-state index contributed by atoms with van der Waals surface area (Å²) in [5, 5.41) is 5.01. The Morgan fingerprint density at radius 3 is 2.61 bits per heavy atom. The zero-order valence-electron chi connectivity index (χ0n) is 12.3. The van der Waals surface area contributed by atoms with Crippen LogP contribution in [-0.2, 0) is 16.1 Å². The summed E-state index contributed by atoms with van der Waals surface area (Å²) < 4.78 is 19.1. The summed E-state index contributed by atoms with van der Waals surface area (Å²) in [6.07, 6.45) is 1.62. The number of halogens is 1. The van der Waals surface area contributed by atoms with Crippen LogP contribution in [0, 0.1) is 5.82 Å². The molecule has 0 radical (unpaired) electrons. The van der Waals surface area contributed by atoms with Gasteiger partial charge in [0.15, 0.2) is 0 Å². The van der Waals surface area contributed by atoms with E-state index in [1.807, 2.05) is 0 Å². The van der Waals surface area contributed by atoms with Crippen LogP contribution < -0.4 is 0 Å². The highest BCUT2D eigenvalue weighted by atomic mass is 19.1. The number of esters is 1. The van der Waals surface area contributed by atoms with Crippen molar-refractivity contribution in [2.75, 3.05) is 7.11 Å². The number of rotatable bonds is 4. The summed E-state index contributed by atoms with van der Waals surface area (Å²) in [5.41, 5.74) is 1.98. The van der Waals surface area contributed by atoms with Gasteiger partial charge in [0.2, 0.25) is 0 Å². The molecule has 3 rings (SSSR count). The first-order valence-corrected chi connectivity index (χ1v) is 6.91. The lowest BCUT2D eigenvalue weighted by molar-refractivity contribution is -0.135. The van der Waals surface area contributed by atoms with Gasteiger partial charge in [0.05, 0.1) is 25.4 Å². The van der Waals surface area contributed by atoms with Crippen molar-refractivity contribution in [3.8, 4) is 0 Å². The predicted molar refractivity (Wildman–Crippen MR) is 81.6 cm³/mol. The van der Waals surface area contributed by atoms with Gasteiger partial charge in [0, 0.05) is 10.9 Å². The lowest BCUT2D eigenvalue weighted by Gasteiger charge is -2.05. The van der Waals surface area contributed by atoms with E-state index in [4.69, 9.17) is 0 Å². The molecular formula is C17H13FN2O3. The van der Waals surface area contributed by atoms with Gasteiger partial charge in [0.1, 0.15) is 5.82 Å². The fourth-order valence-electron chi connectivity index (χ4n) is 2.33. The molecule has 1 aromatic heterocycles. The number of ether oxygens (including phenoxy) is 1. The van der Waals surface area contributed by atoms with Crippen molar-refractivity contribution in [1.82, 2.24) is 9.78 Å². The van der Waals surface area contributed by atoms with E-state index >= 15 is 0 Å². The molecule has 116 valence electrons. The first-order chi connectivity index (χ1) is 11.1. The van der Waals surface area contributed by atoms with Crippen LogP contribution in [0.15, 0.2) is 48.7 Å². The van der Waals surface area contributed by atoms with Crippen LogP contribution in [0.3, 0.4) is 0 Å². The maximum atomic E-state index is 12.9. The first kappa shape index (κ1) is 14.9. The summed E-state index contributed by atoms with van der Waals surface area (Å²) in [5.74, 6) is -1.88. The number of hydrogen-bond acceptors (Lipinski definition) is 4. The molecule has 1 heterocycles. The number of benzene rings is 2. The van der Waals surface area contributed by atoms with Gasteiger partial charge in [-0.15, -0.1) is 0 Å². The van der Waals surface area contributed by atoms with Crippen LogP contribution in [0.25, 0.3) is 10.9 Å². The van der Waals surface area contributed by atoms with E-state index in [0.29, 0.717) is 6.54 Å². The molecule has 3 aromatic rings. The Hall–Kier alpha value is -3.02. The van der Waals surface area contributed by atoms with Gasteiger partial charge in [0.25, 0.3) is 5.78 Å². The minimum Gasteiger partial charge on any atom is -0.463 e. The van der Waals surface area contributed by atoms with Gasteiger partial charge < -0.3 is 4.74 Å². The standard InChI is InChI=1S/C17H13FN2O3/c1-23-17(22)16(21)12-4-7-15-13(8-12)9-19-20(15)10-11-2-5-14(18)6-3-11/h2-9H,10H2,1H3. The fraction of sp³-hybridized carbons (Fsp3) is 0.118. The molecular weight excluding hydrogens is 299 g/mol. The Morgan fingerprint density at radius 1 is 1.17 bits per heavy atom. The molecule has 0 aliphatic carbocycles. The average Bonchev–Trinajstić information content (AvgIpc) is 2.97. The number of Topliss-reactive ketones (excluding diaryl/α,β-unsaturated/α-hetero) is 1. The minimum atomic E-state index is -0.900. The monoisotopic (exact) mass is 312 g/mol. The molecule has 0 fully saturated rings. The van der Waals surface area contributed by atoms with Crippen LogP contribution >= 0.6 is 0 Å². The normalized spacial score (nSPS) is 10.7. The molecule has 2 aromatic carbocycles. The molecule has 0 N–H and O–H groups in total. The Kier molecular flexibility index (Phi) is 3.89. The largest absolute Gasteiger partial charge is 0.463 e. The maximum Gasteiger partial charge on any atom is 0.379 e. The molecule has 5 nitrogen and oxygen atoms in total. The third-order valence-electron chi connectivity index (χ3n) is 3.52. The molecule has 0 aliphatic heterocycles. The first-order valence-electron chi connectivity index (χ1n) is 6.91. The molecule has 0 bridgehead atoms. The number of aromatic nitrogens is 2. The van der Waals surface area contributed by atoms with Crippen molar-refractivity contribution in [3.05, 3.63) is 65.6 Å². The number of carbonyl (C=O) groups is 2. The van der Waals surface area contributed by atoms with E-state index in [0.717, 1.165) is 16.5 Å². The molecule has 0 atom stereocenters. The molecule has 0 saturated carbocycles. The summed E-state index contributed by atoms with van der Waals surface area (Å²) in [6, 6.07) is 11.1. The van der Waals surface area contributed by atoms with Crippen molar-refractivity contribution in [1.29, 1.82) is 0 Å². The van der Waals surface area contributed by atoms with E-state index in [1.54, 1.807) is 41.2 Å². The smallest absolute Gasteiger partial charge is 0.379 e. The molecule has 0 amide bonds. The molecule has 0 spiro atoms. The average molecular weight is 312 g/mol. The Morgan fingerprint density at radius 2 is 1.91 bits per heavy atom. The van der Waals surface area contributed by atoms with Crippen molar-refractivity contribution in [2.45, 2.75) is 6.54 Å². The SMILES string of the molecule is COC(=O)C(=O)c1ccc2c(cnn2Cc2ccc(F)cc2)c1. The zero-order chi connectivity index (χ0) is 16.4. The lowest BCUT2D eigenvalue weighted by atomic mass is 10.1. The number of hydrogen-bond donors (Lipinski definition) is 0. The van der Waals surface area contributed by atoms with Crippen molar-refractivity contribution in [2.24, 2.45) is 0 Å². The van der Waals surface area contributed by atoms with Crippen molar-refractivity contribution < 1.29 is 18.7 Å². The van der Waals surface area contributed by atoms with Gasteiger partial charge >= 0.3 is 5.97 Å². The minimum absolute atomic E-state index is 0.255. The van der Waals surface area contributed by atoms with E-state index in [-0.39, 0.29) is 11.4 Å². The quantitative estimate of drug-likeness (QED) is 0.422. The van der Waals surface area contributed by atoms with Crippen molar-refractivity contribution in [3.63, 3.8) is 0 Å². The summed E-state index contributed by atoms with van der Waals surface area (Å²) >= 11 is 0. The second-order valence-corrected chi connectivity index (χ2v) is 5.02. The topological polar surface area (TPSA) is 61.2 Å². The highest BCUT2D eigenvalue weighted by Crippen LogP contribution is 2.18. The molecule has 23 heavy (non-hydrogen) atoms. The van der Waals surface area contributed by atoms with Crippen LogP contribution in [0.4, 0.5) is 4.39 Å². The van der Waals surface area contributed by atoms with Gasteiger partial charge in [-0.1, -0.05) is 12.1 Å². The number of ketones is 1. The third-order valence-corrected chi connectivity index (χ3v) is 3.52. The number of carbonyl (C=O) groups excluding carboxylic acids is 2. The van der Waals surface area contributed by atoms with E-state index in [9.17, 15) is 14.0 Å². The molecule has 6 heteroatoms. The number of fused-ring (bicyclic) bond motifs is 1. The Balaban J connectivity index is 1.91. The predicted octanol–water partition coefficient (Wildman–Crippen LogP) is 2.58. The van der Waals surface area contributed by atoms with Crippen molar-refractivity contribution >= 4 is 22.7 Å². The molecule has 0 saturated heterocycles. The van der Waals surface area contributed by atoms with E-state index in [2.05, 4.69) is 9.84 Å². The Bertz CT molecular complexity index is 884. The molecule has 0 unspecified atom stereocenters. The van der Waals surface area contributed by atoms with Crippen LogP contribution in [-0.4, -0.2) is 28.6 Å². The van der Waals surface area contributed by atoms with Crippen LogP contribution in [0.2, 0.25) is 0 Å². The summed E-state index contributed by atoms with van der Waals surface area (Å²) in [4.78, 5) is 23.1. The Labute approximate surface area is 131 Å². The second-order valence-electron chi connectivity index (χ2n) is 5.02. The molecule has 0 aliphatic rings. The third kappa shape index (κ3) is 2.96. The number of nitrogens with zero attached hydrogens (tertiary/aromatic N) is 2. The van der Waals surface area contributed by atoms with Gasteiger partial charge in [-0.2, -0.15) is 5.10 Å². The zero-order valence-corrected chi connectivity index (χ0v) is 12.3. The second kappa shape index (κ2) is 6.00. The van der Waals surface area contributed by atoms with Gasteiger partial charge in [-0.3, -0.25) is 9.48 Å². The van der Waals surface area contributed by atoms with Gasteiger partial charge in [-0.05, 0) is 35.9 Å². The fourth-order valence-corrected chi connectivity index (χ4v) is 2.33. The maximum absolute atomic E-state index is 12.9. The van der Waals surface area contributed by atoms with E-state index in [1.165, 1.54) is 19.2 Å². The van der Waals surface area contributed by atoms with E-state index < -0.39 is 11.8 Å². The van der Waals surface area contributed by atoms with Gasteiger partial charge in [-0.25, -0.2) is 9.18 Å². The summed E-state index contributed by atoms with van der Waals surface area (Å²) in [7, 11) is 1.17. The number of methoxy groups -OCH3 is 1. The highest BCUT2D eigenvalue weighted by Gasteiger charge is 2.17. The summed E-state index contributed by atoms with van der Waals surface area (Å²) in [6.45, 7) is 0.480. The van der Waals surface area contributed by atoms with Crippen LogP contribution in [0.5, 0.6) is 0 Å². The highest BCUT2D eigenvalue weighted by molar-refractivity contribution is 6.40. The van der Waals surface area contributed by atoms with Crippen LogP contribution in [0.1, 0.15) is 15.9 Å². The lowest BCUT2D eigenvalue weighted by Crippen LogP contribution is -2.15.